The zero-order chi connectivity index (χ0) is 34.8. The molecule has 4 N–H and O–H groups in total. The molecule has 0 aromatic heterocycles. The summed E-state index contributed by atoms with van der Waals surface area (Å²) in [7, 11) is 0. The Bertz CT molecular complexity index is 1380. The Labute approximate surface area is 281 Å². The molecule has 2 aliphatic heterocycles. The molecule has 1 atom stereocenters. The fraction of sp³-hybridized carbons (Fsp3) is 0.344. The quantitative estimate of drug-likeness (QED) is 0.197. The number of piperazine rings is 1. The van der Waals surface area contributed by atoms with Crippen LogP contribution in [0.1, 0.15) is 24.2 Å². The molecule has 2 aromatic rings. The van der Waals surface area contributed by atoms with E-state index in [4.69, 9.17) is 41.5 Å². The molecule has 0 radical (unpaired) electrons. The van der Waals surface area contributed by atoms with Crippen molar-refractivity contribution in [2.45, 2.75) is 29.2 Å². The van der Waals surface area contributed by atoms with Gasteiger partial charge in [0.05, 0.1) is 12.7 Å². The lowest BCUT2D eigenvalue weighted by Gasteiger charge is -2.34. The second-order valence-electron chi connectivity index (χ2n) is 10.00. The minimum atomic E-state index is -1.26. The third-order valence-electron chi connectivity index (χ3n) is 6.55. The summed E-state index contributed by atoms with van der Waals surface area (Å²) in [5.41, 5.74) is 2.51. The number of hydrogen-bond acceptors (Lipinski definition) is 10. The minimum absolute atomic E-state index is 0.0356. The number of aliphatic carboxylic acids is 4. The standard InChI is InChI=1S/C24H29ClN2O3S.2C4H4O4/c1-18(28)29-14-12-26-8-10-27(11-9-26)13-15-30-22-17-19-16-20(25)6-7-23(19)31-24-5-3-2-4-21(22)24;2*5-3(6)1-2-4(7)8/h2-7,16,22H,8-15,17H2,1H3;2*1-2H,(H,5,6)(H,7,8)/b;2*2-1-. The fourth-order valence-corrected chi connectivity index (χ4v) is 5.69. The molecule has 0 saturated carbocycles. The second-order valence-corrected chi connectivity index (χ2v) is 11.5. The van der Waals surface area contributed by atoms with Crippen molar-refractivity contribution in [1.29, 1.82) is 0 Å². The Hall–Kier alpha value is -4.21. The Morgan fingerprint density at radius 1 is 0.787 bits per heavy atom. The maximum absolute atomic E-state index is 10.9. The molecule has 254 valence electrons. The van der Waals surface area contributed by atoms with Gasteiger partial charge in [0.2, 0.25) is 0 Å². The minimum Gasteiger partial charge on any atom is -0.478 e. The highest BCUT2D eigenvalue weighted by molar-refractivity contribution is 7.99. The van der Waals surface area contributed by atoms with Gasteiger partial charge in [-0.1, -0.05) is 41.6 Å². The predicted molar refractivity (Wildman–Crippen MR) is 173 cm³/mol. The molecule has 4 rings (SSSR count). The van der Waals surface area contributed by atoms with Crippen molar-refractivity contribution in [3.63, 3.8) is 0 Å². The van der Waals surface area contributed by atoms with Gasteiger partial charge in [-0.05, 0) is 35.4 Å². The number of ether oxygens (including phenoxy) is 2. The number of carboxylic acids is 4. The normalized spacial score (nSPS) is 16.0. The summed E-state index contributed by atoms with van der Waals surface area (Å²) in [4.78, 5) is 56.4. The molecule has 1 saturated heterocycles. The molecule has 0 aliphatic carbocycles. The smallest absolute Gasteiger partial charge is 0.328 e. The van der Waals surface area contributed by atoms with Crippen molar-refractivity contribution in [3.05, 3.63) is 82.9 Å². The molecule has 2 aliphatic rings. The molecule has 15 heteroatoms. The molecular weight excluding hydrogens is 656 g/mol. The highest BCUT2D eigenvalue weighted by Crippen LogP contribution is 2.42. The third kappa shape index (κ3) is 16.3. The number of hydrogen-bond donors (Lipinski definition) is 4. The van der Waals surface area contributed by atoms with E-state index in [9.17, 15) is 24.0 Å². The molecule has 0 amide bonds. The van der Waals surface area contributed by atoms with Gasteiger partial charge in [-0.3, -0.25) is 14.6 Å². The summed E-state index contributed by atoms with van der Waals surface area (Å²) < 4.78 is 11.5. The largest absolute Gasteiger partial charge is 0.478 e. The average Bonchev–Trinajstić information content (AvgIpc) is 3.16. The molecule has 13 nitrogen and oxygen atoms in total. The summed E-state index contributed by atoms with van der Waals surface area (Å²) in [6.07, 6.45) is 3.10. The van der Waals surface area contributed by atoms with Crippen molar-refractivity contribution >= 4 is 53.2 Å². The highest BCUT2D eigenvalue weighted by atomic mass is 35.5. The molecule has 0 bridgehead atoms. The molecule has 2 heterocycles. The van der Waals surface area contributed by atoms with Crippen molar-refractivity contribution < 1.29 is 53.9 Å². The Balaban J connectivity index is 0.000000397. The SMILES string of the molecule is CC(=O)OCCN1CCN(CCOC2Cc3cc(Cl)ccc3Sc3ccccc32)CC1.O=C(O)/C=C\C(=O)O.O=C(O)/C=C\C(=O)O. The average molecular weight is 693 g/mol. The lowest BCUT2D eigenvalue weighted by Crippen LogP contribution is -2.48. The zero-order valence-electron chi connectivity index (χ0n) is 25.6. The first-order chi connectivity index (χ1) is 22.3. The number of carbonyl (C=O) groups excluding carboxylic acids is 1. The Morgan fingerprint density at radius 2 is 1.30 bits per heavy atom. The van der Waals surface area contributed by atoms with E-state index in [-0.39, 0.29) is 12.1 Å². The van der Waals surface area contributed by atoms with E-state index in [1.807, 2.05) is 6.07 Å². The number of carboxylic acid groups (broad SMARTS) is 4. The number of nitrogens with zero attached hydrogens (tertiary/aromatic N) is 2. The van der Waals surface area contributed by atoms with Gasteiger partial charge < -0.3 is 29.9 Å². The van der Waals surface area contributed by atoms with Gasteiger partial charge in [0.25, 0.3) is 0 Å². The fourth-order valence-electron chi connectivity index (χ4n) is 4.39. The van der Waals surface area contributed by atoms with Gasteiger partial charge in [-0.2, -0.15) is 0 Å². The molecular formula is C32H37ClN2O11S. The Morgan fingerprint density at radius 3 is 1.81 bits per heavy atom. The van der Waals surface area contributed by atoms with Crippen LogP contribution in [-0.2, 0) is 39.9 Å². The van der Waals surface area contributed by atoms with E-state index < -0.39 is 23.9 Å². The number of rotatable bonds is 11. The number of fused-ring (bicyclic) bond motifs is 2. The van der Waals surface area contributed by atoms with E-state index in [0.717, 1.165) is 50.7 Å². The first-order valence-corrected chi connectivity index (χ1v) is 15.6. The predicted octanol–water partition coefficient (Wildman–Crippen LogP) is 3.71. The van der Waals surface area contributed by atoms with E-state index >= 15 is 0 Å². The van der Waals surface area contributed by atoms with Crippen LogP contribution in [0.15, 0.2) is 76.6 Å². The second kappa shape index (κ2) is 20.8. The van der Waals surface area contributed by atoms with Crippen LogP contribution in [0.5, 0.6) is 0 Å². The van der Waals surface area contributed by atoms with Gasteiger partial charge in [0, 0.05) is 91.7 Å². The van der Waals surface area contributed by atoms with E-state index in [1.165, 1.54) is 27.8 Å². The highest BCUT2D eigenvalue weighted by Gasteiger charge is 2.24. The van der Waals surface area contributed by atoms with Gasteiger partial charge in [-0.15, -0.1) is 0 Å². The van der Waals surface area contributed by atoms with Crippen LogP contribution in [0.2, 0.25) is 5.02 Å². The first-order valence-electron chi connectivity index (χ1n) is 14.4. The molecule has 0 spiro atoms. The van der Waals surface area contributed by atoms with Crippen LogP contribution in [-0.4, -0.2) is 113 Å². The van der Waals surface area contributed by atoms with Gasteiger partial charge >= 0.3 is 29.8 Å². The van der Waals surface area contributed by atoms with Crippen molar-refractivity contribution in [2.24, 2.45) is 0 Å². The number of carbonyl (C=O) groups is 5. The van der Waals surface area contributed by atoms with Crippen LogP contribution in [0.4, 0.5) is 0 Å². The first kappa shape index (κ1) is 39.0. The van der Waals surface area contributed by atoms with Gasteiger partial charge in [-0.25, -0.2) is 19.2 Å². The van der Waals surface area contributed by atoms with Crippen LogP contribution >= 0.6 is 23.4 Å². The van der Waals surface area contributed by atoms with Crippen molar-refractivity contribution in [2.75, 3.05) is 52.5 Å². The van der Waals surface area contributed by atoms with Crippen LogP contribution in [0.25, 0.3) is 0 Å². The maximum atomic E-state index is 10.9. The van der Waals surface area contributed by atoms with Crippen LogP contribution in [0.3, 0.4) is 0 Å². The topological polar surface area (TPSA) is 191 Å². The van der Waals surface area contributed by atoms with Gasteiger partial charge in [0.15, 0.2) is 0 Å². The summed E-state index contributed by atoms with van der Waals surface area (Å²) in [5.74, 6) is -5.24. The molecule has 1 unspecified atom stereocenters. The number of esters is 1. The lowest BCUT2D eigenvalue weighted by molar-refractivity contribution is -0.141. The van der Waals surface area contributed by atoms with Crippen molar-refractivity contribution in [1.82, 2.24) is 9.80 Å². The van der Waals surface area contributed by atoms with E-state index in [1.54, 1.807) is 11.8 Å². The van der Waals surface area contributed by atoms with Crippen LogP contribution < -0.4 is 0 Å². The van der Waals surface area contributed by atoms with Crippen LogP contribution in [0, 0.1) is 0 Å². The van der Waals surface area contributed by atoms with E-state index in [2.05, 4.69) is 46.2 Å². The summed E-state index contributed by atoms with van der Waals surface area (Å²) in [5, 5.41) is 32.0. The number of benzene rings is 2. The van der Waals surface area contributed by atoms with Crippen molar-refractivity contribution in [3.8, 4) is 0 Å². The monoisotopic (exact) mass is 692 g/mol. The molecule has 47 heavy (non-hydrogen) atoms. The van der Waals surface area contributed by atoms with E-state index in [0.29, 0.717) is 37.5 Å². The maximum Gasteiger partial charge on any atom is 0.328 e. The molecule has 1 fully saturated rings. The zero-order valence-corrected chi connectivity index (χ0v) is 27.2. The lowest BCUT2D eigenvalue weighted by atomic mass is 10.0. The van der Waals surface area contributed by atoms with Gasteiger partial charge in [0.1, 0.15) is 6.61 Å². The number of halogens is 1. The summed E-state index contributed by atoms with van der Waals surface area (Å²) in [6.45, 7) is 8.38. The molecule has 2 aromatic carbocycles. The summed E-state index contributed by atoms with van der Waals surface area (Å²) >= 11 is 8.07. The Kier molecular flexibility index (Phi) is 17.3. The third-order valence-corrected chi connectivity index (χ3v) is 8.00. The summed E-state index contributed by atoms with van der Waals surface area (Å²) in [6, 6.07) is 14.7.